The molecule has 4 aliphatic carbocycles. The summed E-state index contributed by atoms with van der Waals surface area (Å²) >= 11 is 0. The van der Waals surface area contributed by atoms with Crippen molar-refractivity contribution in [2.75, 3.05) is 6.61 Å². The molecular weight excluding hydrogens is 454 g/mol. The second kappa shape index (κ2) is 9.09. The topological polar surface area (TPSA) is 164 Å². The Kier molecular flexibility index (Phi) is 6.74. The number of carboxylic acid groups (broad SMARTS) is 1. The van der Waals surface area contributed by atoms with Crippen molar-refractivity contribution in [2.24, 2.45) is 34.3 Å². The Morgan fingerprint density at radius 2 is 1.91 bits per heavy atom. The summed E-state index contributed by atoms with van der Waals surface area (Å²) in [5.41, 5.74) is 3.91. The zero-order valence-electron chi connectivity index (χ0n) is 20.5. The van der Waals surface area contributed by atoms with Gasteiger partial charge in [0.05, 0.1) is 6.10 Å². The van der Waals surface area contributed by atoms with Crippen LogP contribution in [-0.4, -0.2) is 63.2 Å². The number of carbonyl (C=O) groups is 4. The first-order valence-corrected chi connectivity index (χ1v) is 12.6. The lowest BCUT2D eigenvalue weighted by Gasteiger charge is -2.60. The van der Waals surface area contributed by atoms with E-state index in [1.54, 1.807) is 6.08 Å². The van der Waals surface area contributed by atoms with Crippen LogP contribution in [0.3, 0.4) is 0 Å². The first-order valence-electron chi connectivity index (χ1n) is 12.6. The number of carboxylic acids is 1. The third-order valence-electron chi connectivity index (χ3n) is 9.83. The summed E-state index contributed by atoms with van der Waals surface area (Å²) in [7, 11) is 0. The number of ether oxygens (including phenoxy) is 1. The lowest BCUT2D eigenvalue weighted by atomic mass is 9.45. The summed E-state index contributed by atoms with van der Waals surface area (Å²) in [6, 6.07) is -1.16. The van der Waals surface area contributed by atoms with Gasteiger partial charge in [-0.15, -0.1) is 0 Å². The van der Waals surface area contributed by atoms with Gasteiger partial charge in [-0.25, -0.2) is 0 Å². The van der Waals surface area contributed by atoms with E-state index in [0.717, 1.165) is 18.4 Å². The molecule has 9 nitrogen and oxygen atoms in total. The van der Waals surface area contributed by atoms with E-state index >= 15 is 0 Å². The monoisotopic (exact) mass is 491 g/mol. The van der Waals surface area contributed by atoms with Crippen molar-refractivity contribution >= 4 is 23.5 Å². The fourth-order valence-corrected chi connectivity index (χ4v) is 7.91. The molecule has 4 aliphatic rings. The Hall–Kier alpha value is -2.10. The number of allylic oxidation sites excluding steroid dienone is 1. The van der Waals surface area contributed by atoms with E-state index in [2.05, 4.69) is 6.92 Å². The van der Waals surface area contributed by atoms with Crippen molar-refractivity contribution in [3.63, 3.8) is 0 Å². The number of aliphatic hydroxyl groups excluding tert-OH is 1. The van der Waals surface area contributed by atoms with E-state index in [4.69, 9.17) is 15.6 Å². The molecule has 0 bridgehead atoms. The lowest BCUT2D eigenvalue weighted by molar-refractivity contribution is -0.184. The number of aliphatic hydroxyl groups is 2. The molecule has 4 rings (SSSR count). The predicted molar refractivity (Wildman–Crippen MR) is 124 cm³/mol. The second-order valence-electron chi connectivity index (χ2n) is 11.5. The highest BCUT2D eigenvalue weighted by Crippen LogP contribution is 2.67. The number of ketones is 2. The van der Waals surface area contributed by atoms with Gasteiger partial charge in [0.15, 0.2) is 12.4 Å². The van der Waals surface area contributed by atoms with Crippen molar-refractivity contribution in [3.05, 3.63) is 11.6 Å². The van der Waals surface area contributed by atoms with E-state index in [-0.39, 0.29) is 54.6 Å². The Balaban J connectivity index is 1.49. The normalized spacial score (nSPS) is 41.2. The molecule has 0 aromatic carbocycles. The third-order valence-corrected chi connectivity index (χ3v) is 9.83. The Labute approximate surface area is 205 Å². The number of nitrogens with two attached hydrogens (primary N) is 1. The van der Waals surface area contributed by atoms with Gasteiger partial charge < -0.3 is 25.8 Å². The summed E-state index contributed by atoms with van der Waals surface area (Å²) in [5.74, 6) is -2.32. The SMILES string of the molecule is C[C@]12CCC(=O)C=C1CC[C@@H]1[C@@H]2[C@H](O)C[C@@]2(C)[C@@H]1CC[C@]2(O)C(=O)COC(=O)[C@H](N)CCC(=O)O. The molecule has 0 aromatic heterocycles. The first kappa shape index (κ1) is 26.0. The molecule has 0 unspecified atom stereocenters. The maximum absolute atomic E-state index is 13.2. The van der Waals surface area contributed by atoms with Crippen LogP contribution in [0.5, 0.6) is 0 Å². The van der Waals surface area contributed by atoms with Gasteiger partial charge in [0, 0.05) is 18.3 Å². The van der Waals surface area contributed by atoms with Crippen LogP contribution in [0.2, 0.25) is 0 Å². The molecule has 0 spiro atoms. The van der Waals surface area contributed by atoms with Crippen molar-refractivity contribution in [2.45, 2.75) is 89.4 Å². The van der Waals surface area contributed by atoms with E-state index in [1.807, 2.05) is 6.92 Å². The van der Waals surface area contributed by atoms with Gasteiger partial charge in [-0.3, -0.25) is 19.2 Å². The van der Waals surface area contributed by atoms with Crippen LogP contribution in [0.15, 0.2) is 11.6 Å². The summed E-state index contributed by atoms with van der Waals surface area (Å²) in [4.78, 5) is 48.1. The number of Topliss-reactive ketones (excluding diaryl/α,β-unsaturated/α-hetero) is 1. The molecule has 9 heteroatoms. The Morgan fingerprint density at radius 1 is 1.20 bits per heavy atom. The van der Waals surface area contributed by atoms with Crippen molar-refractivity contribution in [1.82, 2.24) is 0 Å². The summed E-state index contributed by atoms with van der Waals surface area (Å²) in [6.45, 7) is 3.36. The van der Waals surface area contributed by atoms with Crippen LogP contribution in [0.4, 0.5) is 0 Å². The smallest absolute Gasteiger partial charge is 0.323 e. The molecule has 0 aromatic rings. The first-order chi connectivity index (χ1) is 16.3. The van der Waals surface area contributed by atoms with Gasteiger partial charge >= 0.3 is 11.9 Å². The molecule has 0 amide bonds. The standard InChI is InChI=1S/C26H37NO8/c1-24-9-7-15(28)11-14(24)3-4-16-17-8-10-26(34,25(17,2)12-19(29)22(16)24)20(30)13-35-23(33)18(27)5-6-21(31)32/h11,16-19,22,29,34H,3-10,12-13,27H2,1-2H3,(H,31,32)/t16-,17+,18+,19+,22+,24-,25-,26-/m0/s1. The average Bonchev–Trinajstić information content (AvgIpc) is 3.06. The molecule has 0 heterocycles. The van der Waals surface area contributed by atoms with Gasteiger partial charge in [0.2, 0.25) is 5.78 Å². The number of rotatable bonds is 7. The molecule has 3 saturated carbocycles. The highest BCUT2D eigenvalue weighted by atomic mass is 16.5. The second-order valence-corrected chi connectivity index (χ2v) is 11.5. The zero-order chi connectivity index (χ0) is 25.8. The molecule has 35 heavy (non-hydrogen) atoms. The fourth-order valence-electron chi connectivity index (χ4n) is 7.91. The molecule has 8 atom stereocenters. The minimum absolute atomic E-state index is 0.0226. The average molecular weight is 492 g/mol. The Bertz CT molecular complexity index is 961. The number of hydrogen-bond acceptors (Lipinski definition) is 8. The van der Waals surface area contributed by atoms with Gasteiger partial charge in [-0.2, -0.15) is 0 Å². The predicted octanol–water partition coefficient (Wildman–Crippen LogP) is 1.52. The van der Waals surface area contributed by atoms with E-state index < -0.39 is 47.5 Å². The van der Waals surface area contributed by atoms with Gasteiger partial charge in [0.1, 0.15) is 11.6 Å². The highest BCUT2D eigenvalue weighted by Gasteiger charge is 2.68. The summed E-state index contributed by atoms with van der Waals surface area (Å²) in [6.07, 6.45) is 4.51. The highest BCUT2D eigenvalue weighted by molar-refractivity contribution is 5.92. The van der Waals surface area contributed by atoms with E-state index in [9.17, 15) is 29.4 Å². The quantitative estimate of drug-likeness (QED) is 0.386. The molecule has 0 radical (unpaired) electrons. The summed E-state index contributed by atoms with van der Waals surface area (Å²) in [5, 5.41) is 31.8. The number of carbonyl (C=O) groups excluding carboxylic acids is 3. The largest absolute Gasteiger partial charge is 0.481 e. The molecule has 0 aliphatic heterocycles. The van der Waals surface area contributed by atoms with Crippen molar-refractivity contribution < 1.29 is 39.2 Å². The zero-order valence-corrected chi connectivity index (χ0v) is 20.5. The number of aliphatic carboxylic acids is 1. The lowest BCUT2D eigenvalue weighted by Crippen LogP contribution is -2.62. The molecule has 0 saturated heterocycles. The van der Waals surface area contributed by atoms with Crippen molar-refractivity contribution in [3.8, 4) is 0 Å². The Morgan fingerprint density at radius 3 is 2.60 bits per heavy atom. The number of hydrogen-bond donors (Lipinski definition) is 4. The van der Waals surface area contributed by atoms with Crippen LogP contribution in [-0.2, 0) is 23.9 Å². The van der Waals surface area contributed by atoms with E-state index in [0.29, 0.717) is 19.3 Å². The maximum Gasteiger partial charge on any atom is 0.323 e. The van der Waals surface area contributed by atoms with Gasteiger partial charge in [0.25, 0.3) is 0 Å². The molecule has 5 N–H and O–H groups in total. The van der Waals surface area contributed by atoms with Crippen LogP contribution in [0, 0.1) is 28.6 Å². The fraction of sp³-hybridized carbons (Fsp3) is 0.769. The number of esters is 1. The molecule has 194 valence electrons. The van der Waals surface area contributed by atoms with E-state index in [1.165, 1.54) is 0 Å². The maximum atomic E-state index is 13.2. The number of fused-ring (bicyclic) bond motifs is 5. The minimum atomic E-state index is -1.74. The molecular formula is C26H37NO8. The third kappa shape index (κ3) is 4.15. The van der Waals surface area contributed by atoms with Crippen molar-refractivity contribution in [1.29, 1.82) is 0 Å². The van der Waals surface area contributed by atoms with Crippen LogP contribution in [0.25, 0.3) is 0 Å². The van der Waals surface area contributed by atoms with Crippen LogP contribution < -0.4 is 5.73 Å². The minimum Gasteiger partial charge on any atom is -0.481 e. The van der Waals surface area contributed by atoms with Crippen LogP contribution >= 0.6 is 0 Å². The summed E-state index contributed by atoms with van der Waals surface area (Å²) < 4.78 is 5.06. The van der Waals surface area contributed by atoms with Crippen LogP contribution in [0.1, 0.15) is 71.6 Å². The molecule has 3 fully saturated rings. The van der Waals surface area contributed by atoms with Gasteiger partial charge in [-0.1, -0.05) is 19.4 Å². The van der Waals surface area contributed by atoms with Gasteiger partial charge in [-0.05, 0) is 74.2 Å².